The standard InChI is InChI=1S/C16H25N3S/c1-4-6-16(17-8-5-2)14-7-9-19(10-14)11-15-12-20-13(3)18-15/h7,9-10,12,16-17H,4-6,8,11H2,1-3H3. The van der Waals surface area contributed by atoms with E-state index in [1.807, 2.05) is 0 Å². The topological polar surface area (TPSA) is 29.9 Å². The second-order valence-corrected chi connectivity index (χ2v) is 6.33. The molecule has 4 heteroatoms. The van der Waals surface area contributed by atoms with Crippen molar-refractivity contribution in [1.82, 2.24) is 14.9 Å². The van der Waals surface area contributed by atoms with Gasteiger partial charge in [-0.1, -0.05) is 20.3 Å². The molecule has 0 radical (unpaired) electrons. The van der Waals surface area contributed by atoms with Gasteiger partial charge >= 0.3 is 0 Å². The molecule has 0 aliphatic heterocycles. The molecule has 2 heterocycles. The highest BCUT2D eigenvalue weighted by molar-refractivity contribution is 7.09. The lowest BCUT2D eigenvalue weighted by atomic mass is 10.1. The Bertz CT molecular complexity index is 515. The van der Waals surface area contributed by atoms with E-state index in [4.69, 9.17) is 0 Å². The van der Waals surface area contributed by atoms with Crippen LogP contribution in [0.2, 0.25) is 0 Å². The second kappa shape index (κ2) is 7.60. The molecule has 1 unspecified atom stereocenters. The number of hydrogen-bond donors (Lipinski definition) is 1. The predicted octanol–water partition coefficient (Wildman–Crippen LogP) is 4.14. The van der Waals surface area contributed by atoms with Gasteiger partial charge in [-0.2, -0.15) is 0 Å². The highest BCUT2D eigenvalue weighted by Crippen LogP contribution is 2.20. The first kappa shape index (κ1) is 15.3. The zero-order chi connectivity index (χ0) is 14.4. The Balaban J connectivity index is 2.02. The third kappa shape index (κ3) is 4.18. The first-order chi connectivity index (χ1) is 9.72. The summed E-state index contributed by atoms with van der Waals surface area (Å²) in [4.78, 5) is 4.53. The molecule has 0 spiro atoms. The van der Waals surface area contributed by atoms with Gasteiger partial charge in [0.05, 0.1) is 17.2 Å². The van der Waals surface area contributed by atoms with E-state index in [0.29, 0.717) is 6.04 Å². The van der Waals surface area contributed by atoms with Crippen LogP contribution in [-0.4, -0.2) is 16.1 Å². The molecule has 0 aliphatic carbocycles. The van der Waals surface area contributed by atoms with E-state index < -0.39 is 0 Å². The summed E-state index contributed by atoms with van der Waals surface area (Å²) < 4.78 is 2.24. The van der Waals surface area contributed by atoms with Crippen molar-refractivity contribution in [3.8, 4) is 0 Å². The molecule has 110 valence electrons. The number of nitrogens with one attached hydrogen (secondary N) is 1. The van der Waals surface area contributed by atoms with Crippen LogP contribution in [-0.2, 0) is 6.54 Å². The van der Waals surface area contributed by atoms with Crippen molar-refractivity contribution >= 4 is 11.3 Å². The Morgan fingerprint density at radius 2 is 2.20 bits per heavy atom. The van der Waals surface area contributed by atoms with Crippen molar-refractivity contribution in [3.05, 3.63) is 40.1 Å². The third-order valence-corrected chi connectivity index (χ3v) is 4.23. The van der Waals surface area contributed by atoms with Crippen LogP contribution in [0.25, 0.3) is 0 Å². The summed E-state index contributed by atoms with van der Waals surface area (Å²) in [6.45, 7) is 8.47. The molecule has 3 nitrogen and oxygen atoms in total. The Kier molecular flexibility index (Phi) is 5.80. The lowest BCUT2D eigenvalue weighted by molar-refractivity contribution is 0.493. The molecule has 0 saturated carbocycles. The van der Waals surface area contributed by atoms with Gasteiger partial charge in [-0.05, 0) is 37.9 Å². The normalized spacial score (nSPS) is 12.8. The molecule has 0 bridgehead atoms. The van der Waals surface area contributed by atoms with Crippen LogP contribution in [0, 0.1) is 6.92 Å². The lowest BCUT2D eigenvalue weighted by Crippen LogP contribution is -2.21. The third-order valence-electron chi connectivity index (χ3n) is 3.40. The second-order valence-electron chi connectivity index (χ2n) is 5.27. The van der Waals surface area contributed by atoms with Gasteiger partial charge < -0.3 is 9.88 Å². The van der Waals surface area contributed by atoms with Gasteiger partial charge in [0.25, 0.3) is 0 Å². The number of thiazole rings is 1. The molecular formula is C16H25N3S. The van der Waals surface area contributed by atoms with Gasteiger partial charge in [0, 0.05) is 23.8 Å². The first-order valence-corrected chi connectivity index (χ1v) is 8.41. The summed E-state index contributed by atoms with van der Waals surface area (Å²) in [5.41, 5.74) is 2.55. The van der Waals surface area contributed by atoms with Crippen molar-refractivity contribution < 1.29 is 0 Å². The van der Waals surface area contributed by atoms with Crippen molar-refractivity contribution in [1.29, 1.82) is 0 Å². The molecule has 2 rings (SSSR count). The van der Waals surface area contributed by atoms with Crippen molar-refractivity contribution in [2.75, 3.05) is 6.54 Å². The molecule has 2 aromatic heterocycles. The van der Waals surface area contributed by atoms with Gasteiger partial charge in [-0.25, -0.2) is 4.98 Å². The van der Waals surface area contributed by atoms with Crippen molar-refractivity contribution in [3.63, 3.8) is 0 Å². The number of hydrogen-bond acceptors (Lipinski definition) is 3. The Morgan fingerprint density at radius 3 is 2.85 bits per heavy atom. The van der Waals surface area contributed by atoms with Crippen LogP contribution in [0.4, 0.5) is 0 Å². The quantitative estimate of drug-likeness (QED) is 0.792. The molecule has 20 heavy (non-hydrogen) atoms. The van der Waals surface area contributed by atoms with Crippen molar-refractivity contribution in [2.45, 2.75) is 52.6 Å². The summed E-state index contributed by atoms with van der Waals surface area (Å²) in [5.74, 6) is 0. The average molecular weight is 291 g/mol. The Hall–Kier alpha value is -1.13. The van der Waals surface area contributed by atoms with Crippen LogP contribution in [0.3, 0.4) is 0 Å². The van der Waals surface area contributed by atoms with E-state index in [9.17, 15) is 0 Å². The minimum absolute atomic E-state index is 0.485. The smallest absolute Gasteiger partial charge is 0.0898 e. The maximum atomic E-state index is 4.53. The lowest BCUT2D eigenvalue weighted by Gasteiger charge is -2.16. The fourth-order valence-corrected chi connectivity index (χ4v) is 3.03. The molecule has 2 aromatic rings. The van der Waals surface area contributed by atoms with E-state index in [1.165, 1.54) is 24.8 Å². The summed E-state index contributed by atoms with van der Waals surface area (Å²) >= 11 is 1.72. The maximum Gasteiger partial charge on any atom is 0.0898 e. The molecule has 0 saturated heterocycles. The zero-order valence-electron chi connectivity index (χ0n) is 12.7. The van der Waals surface area contributed by atoms with E-state index >= 15 is 0 Å². The highest BCUT2D eigenvalue weighted by Gasteiger charge is 2.11. The molecular weight excluding hydrogens is 266 g/mol. The molecule has 1 N–H and O–H groups in total. The summed E-state index contributed by atoms with van der Waals surface area (Å²) in [6.07, 6.45) is 8.01. The van der Waals surface area contributed by atoms with Gasteiger partial charge in [0.15, 0.2) is 0 Å². The minimum atomic E-state index is 0.485. The SMILES string of the molecule is CCCNC(CCC)c1ccn(Cc2csc(C)n2)c1. The van der Waals surface area contributed by atoms with E-state index in [0.717, 1.165) is 23.8 Å². The van der Waals surface area contributed by atoms with Gasteiger partial charge in [0.1, 0.15) is 0 Å². The summed E-state index contributed by atoms with van der Waals surface area (Å²) in [5, 5.41) is 6.93. The van der Waals surface area contributed by atoms with Gasteiger partial charge in [-0.3, -0.25) is 0 Å². The predicted molar refractivity (Wildman–Crippen MR) is 86.3 cm³/mol. The van der Waals surface area contributed by atoms with Gasteiger partial charge in [-0.15, -0.1) is 11.3 Å². The number of nitrogens with zero attached hydrogens (tertiary/aromatic N) is 2. The van der Waals surface area contributed by atoms with Gasteiger partial charge in [0.2, 0.25) is 0 Å². The number of rotatable bonds is 8. The Morgan fingerprint density at radius 1 is 1.35 bits per heavy atom. The molecule has 0 fully saturated rings. The highest BCUT2D eigenvalue weighted by atomic mass is 32.1. The largest absolute Gasteiger partial charge is 0.348 e. The average Bonchev–Trinajstić information content (AvgIpc) is 3.04. The van der Waals surface area contributed by atoms with E-state index in [-0.39, 0.29) is 0 Å². The van der Waals surface area contributed by atoms with Crippen LogP contribution in [0.1, 0.15) is 55.4 Å². The summed E-state index contributed by atoms with van der Waals surface area (Å²) in [6, 6.07) is 2.72. The van der Waals surface area contributed by atoms with Crippen molar-refractivity contribution in [2.24, 2.45) is 0 Å². The zero-order valence-corrected chi connectivity index (χ0v) is 13.5. The monoisotopic (exact) mass is 291 g/mol. The summed E-state index contributed by atoms with van der Waals surface area (Å²) in [7, 11) is 0. The number of aromatic nitrogens is 2. The first-order valence-electron chi connectivity index (χ1n) is 7.53. The van der Waals surface area contributed by atoms with E-state index in [1.54, 1.807) is 11.3 Å². The Labute approximate surface area is 126 Å². The minimum Gasteiger partial charge on any atom is -0.348 e. The molecule has 0 aromatic carbocycles. The van der Waals surface area contributed by atoms with Crippen LogP contribution < -0.4 is 5.32 Å². The number of aryl methyl sites for hydroxylation is 1. The fourth-order valence-electron chi connectivity index (χ4n) is 2.43. The van der Waals surface area contributed by atoms with Crippen LogP contribution >= 0.6 is 11.3 Å². The van der Waals surface area contributed by atoms with E-state index in [2.05, 4.69) is 59.5 Å². The molecule has 0 amide bonds. The molecule has 1 atom stereocenters. The van der Waals surface area contributed by atoms with Crippen LogP contribution in [0.15, 0.2) is 23.8 Å². The molecule has 0 aliphatic rings. The fraction of sp³-hybridized carbons (Fsp3) is 0.562. The van der Waals surface area contributed by atoms with Crippen LogP contribution in [0.5, 0.6) is 0 Å². The maximum absolute atomic E-state index is 4.53.